The molecule has 0 saturated heterocycles. The first-order chi connectivity index (χ1) is 15.1. The second kappa shape index (κ2) is 8.83. The van der Waals surface area contributed by atoms with Crippen LogP contribution in [0.2, 0.25) is 0 Å². The molecule has 0 saturated carbocycles. The predicted molar refractivity (Wildman–Crippen MR) is 119 cm³/mol. The lowest BCUT2D eigenvalue weighted by Crippen LogP contribution is -2.42. The first-order valence-electron chi connectivity index (χ1n) is 10.2. The van der Waals surface area contributed by atoms with E-state index in [9.17, 15) is 14.4 Å². The van der Waals surface area contributed by atoms with Crippen molar-refractivity contribution in [1.82, 2.24) is 25.6 Å². The number of hydrogen-bond donors (Lipinski definition) is 3. The highest BCUT2D eigenvalue weighted by atomic mass is 16.2. The zero-order valence-corrected chi connectivity index (χ0v) is 17.1. The van der Waals surface area contributed by atoms with Gasteiger partial charge in [-0.2, -0.15) is 5.10 Å². The minimum atomic E-state index is -0.566. The number of carbonyl (C=O) groups excluding carboxylic acids is 2. The van der Waals surface area contributed by atoms with Crippen LogP contribution in [0.5, 0.6) is 0 Å². The molecule has 0 spiro atoms. The van der Waals surface area contributed by atoms with Gasteiger partial charge in [-0.15, -0.1) is 0 Å². The molecule has 0 aliphatic carbocycles. The third kappa shape index (κ3) is 4.18. The molecular weight excluding hydrogens is 394 g/mol. The van der Waals surface area contributed by atoms with Crippen LogP contribution in [0.15, 0.2) is 59.5 Å². The van der Waals surface area contributed by atoms with Gasteiger partial charge in [-0.1, -0.05) is 36.4 Å². The van der Waals surface area contributed by atoms with Crippen molar-refractivity contribution in [3.05, 3.63) is 76.3 Å². The number of para-hydroxylation sites is 1. The first kappa shape index (κ1) is 20.3. The van der Waals surface area contributed by atoms with Crippen molar-refractivity contribution in [2.45, 2.75) is 32.7 Å². The number of aromatic nitrogens is 3. The van der Waals surface area contributed by atoms with Crippen molar-refractivity contribution in [3.63, 3.8) is 0 Å². The highest BCUT2D eigenvalue weighted by molar-refractivity contribution is 6.05. The molecule has 0 unspecified atom stereocenters. The number of H-pyrrole nitrogens is 1. The van der Waals surface area contributed by atoms with Crippen molar-refractivity contribution in [1.29, 1.82) is 0 Å². The van der Waals surface area contributed by atoms with Crippen molar-refractivity contribution in [2.24, 2.45) is 0 Å². The van der Waals surface area contributed by atoms with Crippen LogP contribution in [0.25, 0.3) is 21.7 Å². The van der Waals surface area contributed by atoms with Crippen molar-refractivity contribution >= 4 is 33.5 Å². The Morgan fingerprint density at radius 1 is 1.00 bits per heavy atom. The number of rotatable bonds is 6. The van der Waals surface area contributed by atoms with Crippen molar-refractivity contribution in [2.75, 3.05) is 0 Å². The molecule has 0 bridgehead atoms. The van der Waals surface area contributed by atoms with Gasteiger partial charge in [-0.25, -0.2) is 4.68 Å². The van der Waals surface area contributed by atoms with Gasteiger partial charge in [0.05, 0.1) is 5.39 Å². The summed E-state index contributed by atoms with van der Waals surface area (Å²) in [5.74, 6) is -0.857. The number of benzene rings is 2. The van der Waals surface area contributed by atoms with Crippen LogP contribution < -0.4 is 16.4 Å². The Labute approximate surface area is 178 Å². The topological polar surface area (TPSA) is 109 Å². The van der Waals surface area contributed by atoms with E-state index in [0.29, 0.717) is 23.7 Å². The Morgan fingerprint density at radius 3 is 2.48 bits per heavy atom. The minimum Gasteiger partial charge on any atom is -0.361 e. The number of aryl methyl sites for hydroxylation is 2. The van der Waals surface area contributed by atoms with Crippen LogP contribution in [0.1, 0.15) is 35.8 Å². The summed E-state index contributed by atoms with van der Waals surface area (Å²) in [7, 11) is 0. The van der Waals surface area contributed by atoms with Crippen LogP contribution in [0.3, 0.4) is 0 Å². The first-order valence-corrected chi connectivity index (χ1v) is 10.2. The maximum Gasteiger partial charge on any atom is 0.290 e. The van der Waals surface area contributed by atoms with Crippen LogP contribution >= 0.6 is 0 Å². The molecule has 2 heterocycles. The van der Waals surface area contributed by atoms with Gasteiger partial charge in [0.1, 0.15) is 0 Å². The molecule has 2 amide bonds. The number of amides is 2. The van der Waals surface area contributed by atoms with Gasteiger partial charge >= 0.3 is 0 Å². The molecule has 31 heavy (non-hydrogen) atoms. The van der Waals surface area contributed by atoms with E-state index in [1.165, 1.54) is 4.68 Å². The average molecular weight is 417 g/mol. The predicted octanol–water partition coefficient (Wildman–Crippen LogP) is 2.68. The number of aromatic amines is 1. The lowest BCUT2D eigenvalue weighted by molar-refractivity contribution is -0.121. The molecule has 8 heteroatoms. The number of carbonyl (C=O) groups is 2. The molecular formula is C23H23N5O3. The Balaban J connectivity index is 1.37. The number of fused-ring (bicyclic) bond motifs is 2. The zero-order valence-electron chi connectivity index (χ0n) is 17.1. The van der Waals surface area contributed by atoms with Gasteiger partial charge in [0.15, 0.2) is 5.69 Å². The van der Waals surface area contributed by atoms with Crippen LogP contribution in [-0.2, 0) is 17.8 Å². The summed E-state index contributed by atoms with van der Waals surface area (Å²) in [6.07, 6.45) is 3.62. The van der Waals surface area contributed by atoms with E-state index >= 15 is 0 Å². The average Bonchev–Trinajstić information content (AvgIpc) is 3.21. The summed E-state index contributed by atoms with van der Waals surface area (Å²) in [5.41, 5.74) is 6.92. The van der Waals surface area contributed by atoms with Gasteiger partial charge in [0, 0.05) is 35.5 Å². The molecule has 0 radical (unpaired) electrons. The number of nitrogens with zero attached hydrogens (tertiary/aromatic N) is 2. The Morgan fingerprint density at radius 2 is 1.71 bits per heavy atom. The number of hydrazine groups is 1. The fraction of sp³-hybridized carbons (Fsp3) is 0.217. The molecule has 0 atom stereocenters. The minimum absolute atomic E-state index is 0.0937. The summed E-state index contributed by atoms with van der Waals surface area (Å²) in [6, 6.07) is 14.8. The smallest absolute Gasteiger partial charge is 0.290 e. The van der Waals surface area contributed by atoms with Crippen LogP contribution in [0, 0.1) is 0 Å². The lowest BCUT2D eigenvalue weighted by atomic mass is 10.1. The van der Waals surface area contributed by atoms with E-state index in [4.69, 9.17) is 0 Å². The van der Waals surface area contributed by atoms with E-state index in [1.807, 2.05) is 24.4 Å². The van der Waals surface area contributed by atoms with E-state index in [1.54, 1.807) is 31.2 Å². The molecule has 4 aromatic rings. The highest BCUT2D eigenvalue weighted by Crippen LogP contribution is 2.19. The third-order valence-electron chi connectivity index (χ3n) is 5.22. The standard InChI is InChI=1S/C23H23N5O3/c1-2-28-23(31)18-11-4-3-10-17(18)21(27-28)22(30)26-25-20(29)13-7-8-15-14-24-19-12-6-5-9-16(15)19/h3-6,9-12,14,24H,2,7-8,13H2,1H3,(H,25,29)(H,26,30). The lowest BCUT2D eigenvalue weighted by Gasteiger charge is -2.11. The molecule has 3 N–H and O–H groups in total. The second-order valence-electron chi connectivity index (χ2n) is 7.23. The highest BCUT2D eigenvalue weighted by Gasteiger charge is 2.16. The van der Waals surface area contributed by atoms with Crippen LogP contribution in [-0.4, -0.2) is 26.6 Å². The maximum atomic E-state index is 12.6. The molecule has 2 aromatic heterocycles. The van der Waals surface area contributed by atoms with Gasteiger partial charge < -0.3 is 4.98 Å². The van der Waals surface area contributed by atoms with E-state index in [-0.39, 0.29) is 23.6 Å². The van der Waals surface area contributed by atoms with Gasteiger partial charge in [-0.05, 0) is 37.5 Å². The quantitative estimate of drug-likeness (QED) is 0.419. The van der Waals surface area contributed by atoms with E-state index in [2.05, 4.69) is 27.0 Å². The molecule has 4 rings (SSSR count). The fourth-order valence-electron chi connectivity index (χ4n) is 3.64. The normalized spacial score (nSPS) is 11.0. The zero-order chi connectivity index (χ0) is 21.8. The molecule has 0 aliphatic heterocycles. The van der Waals surface area contributed by atoms with E-state index < -0.39 is 5.91 Å². The molecule has 0 fully saturated rings. The number of nitrogens with one attached hydrogen (secondary N) is 3. The fourth-order valence-corrected chi connectivity index (χ4v) is 3.64. The molecule has 8 nitrogen and oxygen atoms in total. The summed E-state index contributed by atoms with van der Waals surface area (Å²) in [6.45, 7) is 2.12. The maximum absolute atomic E-state index is 12.6. The summed E-state index contributed by atoms with van der Waals surface area (Å²) in [4.78, 5) is 40.5. The largest absolute Gasteiger partial charge is 0.361 e. The Hall–Kier alpha value is -3.94. The monoisotopic (exact) mass is 417 g/mol. The second-order valence-corrected chi connectivity index (χ2v) is 7.23. The van der Waals surface area contributed by atoms with Crippen molar-refractivity contribution in [3.8, 4) is 0 Å². The van der Waals surface area contributed by atoms with E-state index in [0.717, 1.165) is 22.9 Å². The molecule has 158 valence electrons. The summed E-state index contributed by atoms with van der Waals surface area (Å²) in [5, 5.41) is 6.17. The van der Waals surface area contributed by atoms with Crippen LogP contribution in [0.4, 0.5) is 0 Å². The summed E-state index contributed by atoms with van der Waals surface area (Å²) >= 11 is 0. The number of hydrogen-bond acceptors (Lipinski definition) is 4. The SMILES string of the molecule is CCn1nc(C(=O)NNC(=O)CCCc2c[nH]c3ccccc23)c2ccccc2c1=O. The van der Waals surface area contributed by atoms with Crippen molar-refractivity contribution < 1.29 is 9.59 Å². The van der Waals surface area contributed by atoms with Gasteiger partial charge in [0.2, 0.25) is 5.91 Å². The van der Waals surface area contributed by atoms with Gasteiger partial charge in [0.25, 0.3) is 11.5 Å². The Kier molecular flexibility index (Phi) is 5.79. The summed E-state index contributed by atoms with van der Waals surface area (Å²) < 4.78 is 1.24. The molecule has 0 aliphatic rings. The Bertz CT molecular complexity index is 1320. The third-order valence-corrected chi connectivity index (χ3v) is 5.22. The van der Waals surface area contributed by atoms with Gasteiger partial charge in [-0.3, -0.25) is 25.2 Å². The molecule has 2 aromatic carbocycles.